The molecule has 136 heavy (non-hydrogen) atoms. The van der Waals surface area contributed by atoms with E-state index in [9.17, 15) is 67.4 Å². The van der Waals surface area contributed by atoms with Crippen molar-refractivity contribution in [3.05, 3.63) is 157 Å². The summed E-state index contributed by atoms with van der Waals surface area (Å²) in [5.41, 5.74) is 15.8. The number of nitrogens with zero attached hydrogens (tertiary/aromatic N) is 3. The van der Waals surface area contributed by atoms with Gasteiger partial charge < -0.3 is 110 Å². The smallest absolute Gasteiger partial charge is 0.305 e. The molecule has 16 amide bonds. The second-order valence-electron chi connectivity index (χ2n) is 35.6. The number of rotatable bonds is 26. The molecular weight excluding hydrogens is 1770 g/mol. The third-order valence-electron chi connectivity index (χ3n) is 23.5. The number of hydrogen-bond acceptors (Lipinski definition) is 21. The van der Waals surface area contributed by atoms with E-state index in [1.54, 1.807) is 102 Å². The molecule has 0 unspecified atom stereocenters. The van der Waals surface area contributed by atoms with Gasteiger partial charge in [-0.3, -0.25) is 86.9 Å². The van der Waals surface area contributed by atoms with Gasteiger partial charge in [0, 0.05) is 76.6 Å². The highest BCUT2D eigenvalue weighted by Crippen LogP contribution is 2.30. The highest BCUT2D eigenvalue weighted by molar-refractivity contribution is 8.00. The number of benzene rings is 4. The van der Waals surface area contributed by atoms with Gasteiger partial charge in [0.25, 0.3) is 0 Å². The quantitative estimate of drug-likeness (QED) is 0.0209. The monoisotopic (exact) mass is 1900 g/mol. The predicted molar refractivity (Wildman–Crippen MR) is 505 cm³/mol. The molecule has 3 fully saturated rings. The fraction of sp³-hybridized carbons (Fsp3) is 0.484. The summed E-state index contributed by atoms with van der Waals surface area (Å²) < 4.78 is 5.61. The van der Waals surface area contributed by atoms with Crippen LogP contribution in [-0.4, -0.2) is 249 Å². The third kappa shape index (κ3) is 33.3. The first kappa shape index (κ1) is 106. The van der Waals surface area contributed by atoms with Gasteiger partial charge in [-0.2, -0.15) is 0 Å². The van der Waals surface area contributed by atoms with Gasteiger partial charge in [0.15, 0.2) is 5.96 Å². The second-order valence-corrected chi connectivity index (χ2v) is 36.6. The van der Waals surface area contributed by atoms with E-state index in [-0.39, 0.29) is 106 Å². The molecule has 4 heterocycles. The Hall–Kier alpha value is -14.0. The van der Waals surface area contributed by atoms with Crippen molar-refractivity contribution in [2.24, 2.45) is 35.1 Å². The van der Waals surface area contributed by atoms with Crippen LogP contribution in [-0.2, 0) is 107 Å². The number of furan rings is 1. The Morgan fingerprint density at radius 2 is 1.08 bits per heavy atom. The summed E-state index contributed by atoms with van der Waals surface area (Å²) in [7, 11) is 1.25. The summed E-state index contributed by atoms with van der Waals surface area (Å²) in [6, 6.07) is 15.2. The predicted octanol–water partition coefficient (Wildman–Crippen LogP) is 1.76. The Labute approximate surface area is 793 Å². The zero-order chi connectivity index (χ0) is 98.8. The molecule has 9 rings (SSSR count). The van der Waals surface area contributed by atoms with Gasteiger partial charge in [-0.15, -0.1) is 11.8 Å². The van der Waals surface area contributed by atoms with Crippen LogP contribution in [0.5, 0.6) is 0 Å². The second kappa shape index (κ2) is 52.0. The number of H-pyrrole nitrogens is 1. The Bertz CT molecular complexity index is 5140. The average molecular weight is 1900 g/mol. The Morgan fingerprint density at radius 1 is 0.544 bits per heavy atom. The fourth-order valence-corrected chi connectivity index (χ4v) is 17.2. The number of carboxylic acid groups (broad SMARTS) is 1. The molecule has 732 valence electrons. The molecule has 40 nitrogen and oxygen atoms in total. The molecule has 2 aliphatic heterocycles. The first-order valence-electron chi connectivity index (χ1n) is 45.8. The number of hydrogen-bond donors (Lipinski definition) is 19. The molecular formula is C95H127N21O19S. The highest BCUT2D eigenvalue weighted by atomic mass is 32.2. The lowest BCUT2D eigenvalue weighted by Gasteiger charge is -2.33. The van der Waals surface area contributed by atoms with Crippen LogP contribution >= 0.6 is 11.8 Å². The Kier molecular flexibility index (Phi) is 40.4. The van der Waals surface area contributed by atoms with Gasteiger partial charge in [-0.05, 0) is 120 Å². The van der Waals surface area contributed by atoms with Crippen LogP contribution < -0.4 is 85.9 Å². The maximum atomic E-state index is 15.7. The van der Waals surface area contributed by atoms with E-state index < -0.39 is 217 Å². The minimum atomic E-state index is -2.01. The lowest BCUT2D eigenvalue weighted by atomic mass is 9.84. The zero-order valence-electron chi connectivity index (χ0n) is 77.7. The number of guanidine groups is 1. The van der Waals surface area contributed by atoms with Crippen LogP contribution in [0.15, 0.2) is 138 Å². The highest BCUT2D eigenvalue weighted by Gasteiger charge is 2.44. The number of nitrogens with two attached hydrogens (primary N) is 2. The Morgan fingerprint density at radius 3 is 1.66 bits per heavy atom. The molecule has 4 aromatic carbocycles. The maximum absolute atomic E-state index is 15.7. The Balaban J connectivity index is 1.10. The SMILES string of the molecule is CC(=O)Nc1ccc(-c2ccc(C[C@@H]3NC(=O)[C@H](Cc4ccc(-c5ccccc5)cc4)NC(=O)[C@H](CC4CCCCC4)NC(=O)CSC[C@@H](C(=O)NCC(N)=O)NC(=O)[C@H](CC(C)C)NC(=O)[C@H](Cc4ncc[nH]4)NC(=O)[C@H](C(C)C)NC(=O)[C@@H]4CCCN4C(=O)[C@H](C(C)C)NC(=O)[C@@H](CCCNC(=N)N)NC(=O)[C@H](CC(=O)O)NC(=O)[C@H](Cc4ccco4)NC(=O)CN(C)C3=O)cc2)cc1. The van der Waals surface area contributed by atoms with Crippen LogP contribution in [0.1, 0.15) is 148 Å². The van der Waals surface area contributed by atoms with Crippen LogP contribution in [0, 0.1) is 29.1 Å². The van der Waals surface area contributed by atoms with Gasteiger partial charge in [-0.1, -0.05) is 165 Å². The number of imidazole rings is 1. The number of carbonyl (C=O) groups is 17. The molecule has 1 saturated carbocycles. The molecule has 12 atom stereocenters. The number of primary amides is 1. The molecule has 6 aromatic rings. The summed E-state index contributed by atoms with van der Waals surface area (Å²) >= 11 is 0.857. The van der Waals surface area contributed by atoms with E-state index in [4.69, 9.17) is 21.3 Å². The molecule has 0 spiro atoms. The summed E-state index contributed by atoms with van der Waals surface area (Å²) in [6.07, 6.45) is 5.86. The number of carbonyl (C=O) groups excluding carboxylic acids is 16. The number of fused-ring (bicyclic) bond motifs is 1. The van der Waals surface area contributed by atoms with Gasteiger partial charge in [0.05, 0.1) is 31.5 Å². The zero-order valence-corrected chi connectivity index (χ0v) is 78.5. The van der Waals surface area contributed by atoms with E-state index in [2.05, 4.69) is 84.4 Å². The summed E-state index contributed by atoms with van der Waals surface area (Å²) in [6.45, 7) is 9.77. The van der Waals surface area contributed by atoms with E-state index in [0.717, 1.165) is 58.2 Å². The summed E-state index contributed by atoms with van der Waals surface area (Å²) in [5, 5.41) is 55.7. The molecule has 1 aliphatic carbocycles. The first-order valence-corrected chi connectivity index (χ1v) is 46.9. The van der Waals surface area contributed by atoms with Crippen molar-refractivity contribution in [3.8, 4) is 22.3 Å². The van der Waals surface area contributed by atoms with Gasteiger partial charge in [0.2, 0.25) is 94.5 Å². The van der Waals surface area contributed by atoms with Crippen molar-refractivity contribution >= 4 is 124 Å². The number of anilines is 1. The van der Waals surface area contributed by atoms with Crippen molar-refractivity contribution in [1.82, 2.24) is 88.9 Å². The lowest BCUT2D eigenvalue weighted by Crippen LogP contribution is -2.62. The molecule has 0 bridgehead atoms. The van der Waals surface area contributed by atoms with Crippen LogP contribution in [0.4, 0.5) is 5.69 Å². The molecule has 21 N–H and O–H groups in total. The third-order valence-corrected chi connectivity index (χ3v) is 24.5. The fourth-order valence-electron chi connectivity index (χ4n) is 16.4. The largest absolute Gasteiger partial charge is 0.481 e. The van der Waals surface area contributed by atoms with Crippen LogP contribution in [0.3, 0.4) is 0 Å². The molecule has 2 aromatic heterocycles. The average Bonchev–Trinajstić information content (AvgIpc) is 1.62. The van der Waals surface area contributed by atoms with Crippen molar-refractivity contribution in [2.75, 3.05) is 50.0 Å². The number of thioether (sulfide) groups is 1. The topological polar surface area (TPSA) is 603 Å². The van der Waals surface area contributed by atoms with E-state index >= 15 is 19.2 Å². The molecule has 2 saturated heterocycles. The van der Waals surface area contributed by atoms with Gasteiger partial charge >= 0.3 is 5.97 Å². The van der Waals surface area contributed by atoms with Crippen LogP contribution in [0.2, 0.25) is 0 Å². The number of likely N-dealkylation sites (N-methyl/N-ethyl adjacent to an activating group) is 1. The maximum Gasteiger partial charge on any atom is 0.305 e. The van der Waals surface area contributed by atoms with Crippen molar-refractivity contribution in [2.45, 2.75) is 224 Å². The normalized spacial score (nSPS) is 22.9. The van der Waals surface area contributed by atoms with Gasteiger partial charge in [0.1, 0.15) is 84.1 Å². The van der Waals surface area contributed by atoms with E-state index in [1.165, 1.54) is 49.7 Å². The molecule has 41 heteroatoms. The number of aliphatic carboxylic acids is 1. The van der Waals surface area contributed by atoms with Gasteiger partial charge in [-0.25, -0.2) is 4.98 Å². The number of carboxylic acids is 1. The molecule has 0 radical (unpaired) electrons. The minimum absolute atomic E-state index is 0.000137. The number of amides is 16. The number of aromatic amines is 1. The van der Waals surface area contributed by atoms with Crippen molar-refractivity contribution in [3.63, 3.8) is 0 Å². The number of aromatic nitrogens is 2. The van der Waals surface area contributed by atoms with Crippen molar-refractivity contribution < 1.29 is 91.0 Å². The van der Waals surface area contributed by atoms with Crippen molar-refractivity contribution in [1.29, 1.82) is 5.41 Å². The van der Waals surface area contributed by atoms with E-state index in [0.29, 0.717) is 29.7 Å². The lowest BCUT2D eigenvalue weighted by molar-refractivity contribution is -0.144. The standard InChI is InChI=1S/C95H127N21O19S/c1-53(2)42-67-85(125)112-74(83(123)102-49-76(96)118)51-136-52-79(120)105-68(43-57-18-11-9-12-19-57)86(126)108-69(44-58-25-29-61(30-26-58)60-20-13-10-14-21-60)87(127)111-73(45-59-27-31-62(32-28-59)63-33-35-64(36-34-63)103-56(7)117)93(133)115(8)50-78(119)104-70(46-65-22-17-41-135-65)88(128)109-72(48-80(121)122)90(130)106-66(23-15-37-101-95(97)98)84(124)114-82(55(5)6)94(134)116-40-16-24-75(116)91(131)113-81(54(3)4)92(132)110-71(89(129)107-67)47-77-99-38-39-100-77/h10,13-14,17,20-22,25-36,38-39,41,53-55,57,66-75,81-82H,9,11-12,15-16,18-19,23-24,37,40,42-52H2,1-8H3,(H2,96,118)(H,99,100)(H,102,123)(H,103,117)(H,104,119)(H,105,120)(H,106,130)(H,107,129)(H,108,126)(H,109,128)(H,110,132)(H,111,127)(H,112,125)(H,113,131)(H,114,124)(H,121,122)(H4,97,98,101)/t66-,67+,68+,69+,70+,71+,72+,73+,74+,75+,81+,82+/m1/s1. The number of nitrogens with one attached hydrogen (secondary N) is 16. The van der Waals surface area contributed by atoms with Crippen LogP contribution in [0.25, 0.3) is 22.3 Å². The van der Waals surface area contributed by atoms with E-state index in [1.807, 2.05) is 42.5 Å². The summed E-state index contributed by atoms with van der Waals surface area (Å²) in [5.74, 6) is -18.5. The molecule has 3 aliphatic rings. The summed E-state index contributed by atoms with van der Waals surface area (Å²) in [4.78, 5) is 256. The minimum Gasteiger partial charge on any atom is -0.481 e. The first-order chi connectivity index (χ1) is 64.8.